The van der Waals surface area contributed by atoms with Crippen LogP contribution < -0.4 is 5.73 Å². The molecule has 96 valence electrons. The normalized spacial score (nSPS) is 11.0. The highest BCUT2D eigenvalue weighted by Gasteiger charge is 2.17. The molecule has 0 bridgehead atoms. The Morgan fingerprint density at radius 1 is 1.06 bits per heavy atom. The fourth-order valence-corrected chi connectivity index (χ4v) is 2.34. The molecule has 0 unspecified atom stereocenters. The van der Waals surface area contributed by atoms with Crippen LogP contribution in [-0.4, -0.2) is 4.98 Å². The van der Waals surface area contributed by atoms with Crippen molar-refractivity contribution in [2.45, 2.75) is 41.2 Å². The Morgan fingerprint density at radius 3 is 2.06 bits per heavy atom. The highest BCUT2D eigenvalue weighted by molar-refractivity contribution is 5.71. The van der Waals surface area contributed by atoms with Gasteiger partial charge in [0, 0.05) is 5.56 Å². The standard InChI is InChI=1S/C15H20N2O/c1-8-6-9(2)11(4)14(10(8)3)15-12(5)18-13(7-16)17-15/h6H,7,16H2,1-5H3. The zero-order valence-electron chi connectivity index (χ0n) is 11.7. The van der Waals surface area contributed by atoms with Crippen LogP contribution in [0.2, 0.25) is 0 Å². The Balaban J connectivity index is 2.73. The molecule has 0 aliphatic heterocycles. The van der Waals surface area contributed by atoms with Gasteiger partial charge in [-0.05, 0) is 56.9 Å². The van der Waals surface area contributed by atoms with Crippen LogP contribution in [0, 0.1) is 34.6 Å². The molecule has 0 saturated carbocycles. The Labute approximate surface area is 108 Å². The van der Waals surface area contributed by atoms with Gasteiger partial charge >= 0.3 is 0 Å². The number of oxazole rings is 1. The van der Waals surface area contributed by atoms with E-state index in [0.29, 0.717) is 12.4 Å². The van der Waals surface area contributed by atoms with E-state index in [0.717, 1.165) is 11.5 Å². The second-order valence-corrected chi connectivity index (χ2v) is 4.85. The van der Waals surface area contributed by atoms with E-state index in [4.69, 9.17) is 10.2 Å². The first kappa shape index (κ1) is 12.8. The molecule has 0 aliphatic rings. The second-order valence-electron chi connectivity index (χ2n) is 4.85. The molecule has 18 heavy (non-hydrogen) atoms. The number of nitrogens with two attached hydrogens (primary N) is 1. The minimum atomic E-state index is 0.337. The van der Waals surface area contributed by atoms with Crippen LogP contribution >= 0.6 is 0 Å². The van der Waals surface area contributed by atoms with Crippen molar-refractivity contribution in [3.63, 3.8) is 0 Å². The third-order valence-electron chi connectivity index (χ3n) is 3.62. The van der Waals surface area contributed by atoms with E-state index in [2.05, 4.69) is 38.7 Å². The van der Waals surface area contributed by atoms with E-state index in [1.165, 1.54) is 27.8 Å². The van der Waals surface area contributed by atoms with Crippen molar-refractivity contribution < 1.29 is 4.42 Å². The van der Waals surface area contributed by atoms with Crippen LogP contribution in [0.3, 0.4) is 0 Å². The number of hydrogen-bond acceptors (Lipinski definition) is 3. The molecule has 0 spiro atoms. The lowest BCUT2D eigenvalue weighted by Crippen LogP contribution is -1.98. The molecule has 1 aromatic carbocycles. The first-order valence-corrected chi connectivity index (χ1v) is 6.19. The average Bonchev–Trinajstić information content (AvgIpc) is 2.69. The largest absolute Gasteiger partial charge is 0.444 e. The maximum absolute atomic E-state index is 5.59. The van der Waals surface area contributed by atoms with Crippen LogP contribution in [0.1, 0.15) is 33.9 Å². The van der Waals surface area contributed by atoms with Crippen molar-refractivity contribution in [2.24, 2.45) is 5.73 Å². The molecule has 0 amide bonds. The van der Waals surface area contributed by atoms with Gasteiger partial charge in [0.1, 0.15) is 11.5 Å². The van der Waals surface area contributed by atoms with Crippen LogP contribution in [0.15, 0.2) is 10.5 Å². The third-order valence-corrected chi connectivity index (χ3v) is 3.62. The Hall–Kier alpha value is -1.61. The molecular formula is C15H20N2O. The summed E-state index contributed by atoms with van der Waals surface area (Å²) in [5.41, 5.74) is 12.8. The summed E-state index contributed by atoms with van der Waals surface area (Å²) in [6, 6.07) is 2.22. The van der Waals surface area contributed by atoms with Gasteiger partial charge in [-0.15, -0.1) is 0 Å². The van der Waals surface area contributed by atoms with Gasteiger partial charge in [0.05, 0.1) is 6.54 Å². The van der Waals surface area contributed by atoms with E-state index in [-0.39, 0.29) is 0 Å². The van der Waals surface area contributed by atoms with Gasteiger partial charge in [-0.25, -0.2) is 4.98 Å². The van der Waals surface area contributed by atoms with Gasteiger partial charge in [-0.2, -0.15) is 0 Å². The van der Waals surface area contributed by atoms with Gasteiger partial charge in [0.2, 0.25) is 5.89 Å². The molecule has 1 heterocycles. The zero-order valence-corrected chi connectivity index (χ0v) is 11.7. The van der Waals surface area contributed by atoms with Crippen LogP contribution in [0.4, 0.5) is 0 Å². The summed E-state index contributed by atoms with van der Waals surface area (Å²) < 4.78 is 5.57. The molecule has 2 rings (SSSR count). The van der Waals surface area contributed by atoms with Crippen molar-refractivity contribution >= 4 is 0 Å². The van der Waals surface area contributed by atoms with Crippen LogP contribution in [-0.2, 0) is 6.54 Å². The first-order chi connectivity index (χ1) is 8.45. The quantitative estimate of drug-likeness (QED) is 0.881. The number of aromatic nitrogens is 1. The number of benzene rings is 1. The molecular weight excluding hydrogens is 224 g/mol. The smallest absolute Gasteiger partial charge is 0.208 e. The van der Waals surface area contributed by atoms with E-state index < -0.39 is 0 Å². The van der Waals surface area contributed by atoms with E-state index in [9.17, 15) is 0 Å². The molecule has 0 aliphatic carbocycles. The zero-order chi connectivity index (χ0) is 13.4. The predicted molar refractivity (Wildman–Crippen MR) is 73.5 cm³/mol. The van der Waals surface area contributed by atoms with Crippen LogP contribution in [0.5, 0.6) is 0 Å². The lowest BCUT2D eigenvalue weighted by atomic mass is 9.92. The molecule has 3 heteroatoms. The summed E-state index contributed by atoms with van der Waals surface area (Å²) in [6.07, 6.45) is 0. The lowest BCUT2D eigenvalue weighted by Gasteiger charge is -2.13. The van der Waals surface area contributed by atoms with Gasteiger partial charge in [0.15, 0.2) is 0 Å². The minimum Gasteiger partial charge on any atom is -0.444 e. The van der Waals surface area contributed by atoms with Gasteiger partial charge in [-0.1, -0.05) is 6.07 Å². The van der Waals surface area contributed by atoms with Crippen molar-refractivity contribution in [1.82, 2.24) is 4.98 Å². The average molecular weight is 244 g/mol. The number of aryl methyl sites for hydroxylation is 3. The van der Waals surface area contributed by atoms with Crippen LogP contribution in [0.25, 0.3) is 11.3 Å². The van der Waals surface area contributed by atoms with Crippen molar-refractivity contribution in [1.29, 1.82) is 0 Å². The molecule has 0 radical (unpaired) electrons. The van der Waals surface area contributed by atoms with Gasteiger partial charge in [-0.3, -0.25) is 0 Å². The second kappa shape index (κ2) is 4.58. The summed E-state index contributed by atoms with van der Waals surface area (Å²) in [5, 5.41) is 0. The highest BCUT2D eigenvalue weighted by atomic mass is 16.4. The highest BCUT2D eigenvalue weighted by Crippen LogP contribution is 2.33. The lowest BCUT2D eigenvalue weighted by molar-refractivity contribution is 0.474. The van der Waals surface area contributed by atoms with E-state index in [1.54, 1.807) is 0 Å². The first-order valence-electron chi connectivity index (χ1n) is 6.19. The number of rotatable bonds is 2. The molecule has 0 saturated heterocycles. The molecule has 0 atom stereocenters. The maximum atomic E-state index is 5.59. The summed E-state index contributed by atoms with van der Waals surface area (Å²) in [6.45, 7) is 10.8. The van der Waals surface area contributed by atoms with Crippen molar-refractivity contribution in [2.75, 3.05) is 0 Å². The van der Waals surface area contributed by atoms with Gasteiger partial charge < -0.3 is 10.2 Å². The minimum absolute atomic E-state index is 0.337. The molecule has 3 nitrogen and oxygen atoms in total. The van der Waals surface area contributed by atoms with Gasteiger partial charge in [0.25, 0.3) is 0 Å². The van der Waals surface area contributed by atoms with E-state index >= 15 is 0 Å². The SMILES string of the molecule is Cc1cc(C)c(C)c(-c2nc(CN)oc2C)c1C. The summed E-state index contributed by atoms with van der Waals surface area (Å²) in [4.78, 5) is 4.51. The summed E-state index contributed by atoms with van der Waals surface area (Å²) >= 11 is 0. The third kappa shape index (κ3) is 1.95. The van der Waals surface area contributed by atoms with Crippen molar-refractivity contribution in [3.05, 3.63) is 40.0 Å². The topological polar surface area (TPSA) is 52.0 Å². The Kier molecular flexibility index (Phi) is 3.26. The Morgan fingerprint density at radius 2 is 1.61 bits per heavy atom. The Bertz CT molecular complexity index is 571. The van der Waals surface area contributed by atoms with Crippen molar-refractivity contribution in [3.8, 4) is 11.3 Å². The number of hydrogen-bond donors (Lipinski definition) is 1. The fraction of sp³-hybridized carbons (Fsp3) is 0.400. The molecule has 0 fully saturated rings. The summed E-state index contributed by atoms with van der Waals surface area (Å²) in [7, 11) is 0. The number of nitrogens with zero attached hydrogens (tertiary/aromatic N) is 1. The molecule has 2 N–H and O–H groups in total. The molecule has 1 aromatic heterocycles. The van der Waals surface area contributed by atoms with E-state index in [1.807, 2.05) is 6.92 Å². The fourth-order valence-electron chi connectivity index (χ4n) is 2.34. The maximum Gasteiger partial charge on any atom is 0.208 e. The molecule has 2 aromatic rings. The monoisotopic (exact) mass is 244 g/mol. The summed E-state index contributed by atoms with van der Waals surface area (Å²) in [5.74, 6) is 1.44. The predicted octanol–water partition coefficient (Wildman–Crippen LogP) is 3.34.